The van der Waals surface area contributed by atoms with E-state index in [4.69, 9.17) is 4.74 Å². The normalized spacial score (nSPS) is 16.6. The predicted octanol–water partition coefficient (Wildman–Crippen LogP) is 2.41. The summed E-state index contributed by atoms with van der Waals surface area (Å²) in [4.78, 5) is 12.1. The van der Waals surface area contributed by atoms with E-state index in [9.17, 15) is 9.18 Å². The van der Waals surface area contributed by atoms with Gasteiger partial charge in [-0.1, -0.05) is 25.0 Å². The minimum atomic E-state index is -0.257. The van der Waals surface area contributed by atoms with Crippen LogP contribution in [0.5, 0.6) is 0 Å². The molecule has 1 aromatic carbocycles. The van der Waals surface area contributed by atoms with E-state index in [0.717, 1.165) is 18.4 Å². The van der Waals surface area contributed by atoms with Gasteiger partial charge in [-0.2, -0.15) is 0 Å². The summed E-state index contributed by atoms with van der Waals surface area (Å²) in [6.07, 6.45) is 4.52. The van der Waals surface area contributed by atoms with Crippen LogP contribution < -0.4 is 10.6 Å². The summed E-state index contributed by atoms with van der Waals surface area (Å²) in [5.74, 6) is 0.0787. The minimum Gasteiger partial charge on any atom is -0.383 e. The third kappa shape index (κ3) is 5.07. The second-order valence-corrected chi connectivity index (χ2v) is 5.81. The van der Waals surface area contributed by atoms with Gasteiger partial charge in [0.05, 0.1) is 19.2 Å². The third-order valence-electron chi connectivity index (χ3n) is 4.16. The number of ether oxygens (including phenoxy) is 1. The van der Waals surface area contributed by atoms with Crippen molar-refractivity contribution in [3.8, 4) is 0 Å². The molecule has 1 unspecified atom stereocenters. The van der Waals surface area contributed by atoms with E-state index in [-0.39, 0.29) is 24.3 Å². The van der Waals surface area contributed by atoms with Crippen LogP contribution in [0.25, 0.3) is 0 Å². The first kappa shape index (κ1) is 16.9. The van der Waals surface area contributed by atoms with Crippen LogP contribution in [0.1, 0.15) is 37.3 Å². The number of amides is 1. The van der Waals surface area contributed by atoms with Gasteiger partial charge >= 0.3 is 0 Å². The standard InChI is InChI=1S/C17H25FN2O2/c1-22-10-9-19-12-16(21)20-17(13-5-2-3-6-13)14-7-4-8-15(18)11-14/h4,7-8,11,13,17,19H,2-3,5-6,9-10,12H2,1H3,(H,20,21). The summed E-state index contributed by atoms with van der Waals surface area (Å²) in [6.45, 7) is 1.46. The molecular weight excluding hydrogens is 283 g/mol. The van der Waals surface area contributed by atoms with E-state index in [0.29, 0.717) is 19.1 Å². The summed E-state index contributed by atoms with van der Waals surface area (Å²) in [5, 5.41) is 6.10. The zero-order valence-corrected chi connectivity index (χ0v) is 13.1. The SMILES string of the molecule is COCCNCC(=O)NC(c1cccc(F)c1)C1CCCC1. The maximum absolute atomic E-state index is 13.5. The Labute approximate surface area is 131 Å². The van der Waals surface area contributed by atoms with Crippen LogP contribution in [-0.2, 0) is 9.53 Å². The van der Waals surface area contributed by atoms with Crippen molar-refractivity contribution in [2.45, 2.75) is 31.7 Å². The van der Waals surface area contributed by atoms with Gasteiger partial charge in [0.25, 0.3) is 0 Å². The molecule has 1 atom stereocenters. The molecule has 0 aromatic heterocycles. The molecule has 2 rings (SSSR count). The van der Waals surface area contributed by atoms with E-state index in [2.05, 4.69) is 10.6 Å². The highest BCUT2D eigenvalue weighted by Gasteiger charge is 2.27. The molecule has 4 nitrogen and oxygen atoms in total. The number of methoxy groups -OCH3 is 1. The molecule has 0 aliphatic heterocycles. The van der Waals surface area contributed by atoms with Crippen LogP contribution in [0.4, 0.5) is 4.39 Å². The van der Waals surface area contributed by atoms with Crippen molar-refractivity contribution in [3.63, 3.8) is 0 Å². The Morgan fingerprint density at radius 1 is 1.41 bits per heavy atom. The smallest absolute Gasteiger partial charge is 0.234 e. The number of benzene rings is 1. The fourth-order valence-corrected chi connectivity index (χ4v) is 3.06. The fraction of sp³-hybridized carbons (Fsp3) is 0.588. The first-order valence-electron chi connectivity index (χ1n) is 7.95. The van der Waals surface area contributed by atoms with Crippen molar-refractivity contribution in [1.29, 1.82) is 0 Å². The molecule has 22 heavy (non-hydrogen) atoms. The van der Waals surface area contributed by atoms with E-state index < -0.39 is 0 Å². The monoisotopic (exact) mass is 308 g/mol. The molecule has 1 amide bonds. The topological polar surface area (TPSA) is 50.4 Å². The van der Waals surface area contributed by atoms with Crippen LogP contribution in [0.2, 0.25) is 0 Å². The molecule has 1 aromatic rings. The second-order valence-electron chi connectivity index (χ2n) is 5.81. The molecule has 1 aliphatic rings. The lowest BCUT2D eigenvalue weighted by Crippen LogP contribution is -2.39. The van der Waals surface area contributed by atoms with E-state index in [1.54, 1.807) is 13.2 Å². The quantitative estimate of drug-likeness (QED) is 0.725. The number of carbonyl (C=O) groups is 1. The Hall–Kier alpha value is -1.46. The maximum atomic E-state index is 13.5. The van der Waals surface area contributed by atoms with Crippen LogP contribution >= 0.6 is 0 Å². The van der Waals surface area contributed by atoms with Crippen molar-refractivity contribution in [2.75, 3.05) is 26.8 Å². The summed E-state index contributed by atoms with van der Waals surface area (Å²) in [5.41, 5.74) is 0.858. The van der Waals surface area contributed by atoms with Gasteiger partial charge < -0.3 is 15.4 Å². The lowest BCUT2D eigenvalue weighted by atomic mass is 9.91. The van der Waals surface area contributed by atoms with Gasteiger partial charge in [0, 0.05) is 13.7 Å². The highest BCUT2D eigenvalue weighted by atomic mass is 19.1. The molecule has 1 aliphatic carbocycles. The summed E-state index contributed by atoms with van der Waals surface area (Å²) in [6, 6.07) is 6.46. The molecule has 122 valence electrons. The average molecular weight is 308 g/mol. The van der Waals surface area contributed by atoms with Crippen molar-refractivity contribution in [3.05, 3.63) is 35.6 Å². The molecule has 0 radical (unpaired) electrons. The molecule has 0 heterocycles. The van der Waals surface area contributed by atoms with Crippen molar-refractivity contribution in [2.24, 2.45) is 5.92 Å². The Morgan fingerprint density at radius 3 is 2.86 bits per heavy atom. The van der Waals surface area contributed by atoms with Crippen molar-refractivity contribution < 1.29 is 13.9 Å². The number of hydrogen-bond acceptors (Lipinski definition) is 3. The van der Waals surface area contributed by atoms with Gasteiger partial charge in [-0.25, -0.2) is 4.39 Å². The molecule has 0 bridgehead atoms. The lowest BCUT2D eigenvalue weighted by molar-refractivity contribution is -0.121. The number of halogens is 1. The summed E-state index contributed by atoms with van der Waals surface area (Å²) < 4.78 is 18.4. The highest BCUT2D eigenvalue weighted by Crippen LogP contribution is 2.35. The third-order valence-corrected chi connectivity index (χ3v) is 4.16. The van der Waals surface area contributed by atoms with Crippen LogP contribution in [0.3, 0.4) is 0 Å². The minimum absolute atomic E-state index is 0.0581. The van der Waals surface area contributed by atoms with Gasteiger partial charge in [-0.05, 0) is 36.5 Å². The van der Waals surface area contributed by atoms with Crippen molar-refractivity contribution in [1.82, 2.24) is 10.6 Å². The molecule has 1 saturated carbocycles. The molecule has 2 N–H and O–H groups in total. The molecule has 0 spiro atoms. The van der Waals surface area contributed by atoms with Gasteiger partial charge in [0.15, 0.2) is 0 Å². The number of nitrogens with one attached hydrogen (secondary N) is 2. The summed E-state index contributed by atoms with van der Waals surface area (Å²) >= 11 is 0. The summed E-state index contributed by atoms with van der Waals surface area (Å²) in [7, 11) is 1.63. The largest absolute Gasteiger partial charge is 0.383 e. The van der Waals surface area contributed by atoms with Crippen molar-refractivity contribution >= 4 is 5.91 Å². The van der Waals surface area contributed by atoms with Gasteiger partial charge in [0.1, 0.15) is 5.82 Å². The zero-order valence-electron chi connectivity index (χ0n) is 13.1. The van der Waals surface area contributed by atoms with E-state index in [1.165, 1.54) is 25.0 Å². The second kappa shape index (κ2) is 8.86. The molecule has 5 heteroatoms. The number of rotatable bonds is 8. The zero-order chi connectivity index (χ0) is 15.8. The lowest BCUT2D eigenvalue weighted by Gasteiger charge is -2.25. The van der Waals surface area contributed by atoms with Gasteiger partial charge in [0.2, 0.25) is 5.91 Å². The van der Waals surface area contributed by atoms with Crippen LogP contribution in [-0.4, -0.2) is 32.7 Å². The van der Waals surface area contributed by atoms with Crippen LogP contribution in [0, 0.1) is 11.7 Å². The molecule has 0 saturated heterocycles. The Kier molecular flexibility index (Phi) is 6.80. The predicted molar refractivity (Wildman–Crippen MR) is 84.0 cm³/mol. The number of hydrogen-bond donors (Lipinski definition) is 2. The fourth-order valence-electron chi connectivity index (χ4n) is 3.06. The maximum Gasteiger partial charge on any atom is 0.234 e. The number of carbonyl (C=O) groups excluding carboxylic acids is 1. The average Bonchev–Trinajstić information content (AvgIpc) is 3.03. The molecule has 1 fully saturated rings. The van der Waals surface area contributed by atoms with Gasteiger partial charge in [-0.15, -0.1) is 0 Å². The Morgan fingerprint density at radius 2 is 2.18 bits per heavy atom. The first-order valence-corrected chi connectivity index (χ1v) is 7.95. The van der Waals surface area contributed by atoms with E-state index >= 15 is 0 Å². The van der Waals surface area contributed by atoms with Crippen LogP contribution in [0.15, 0.2) is 24.3 Å². The highest BCUT2D eigenvalue weighted by molar-refractivity contribution is 5.78. The Bertz CT molecular complexity index is 475. The van der Waals surface area contributed by atoms with E-state index in [1.807, 2.05) is 6.07 Å². The Balaban J connectivity index is 1.97. The first-order chi connectivity index (χ1) is 10.7. The molecular formula is C17H25FN2O2. The van der Waals surface area contributed by atoms with Gasteiger partial charge in [-0.3, -0.25) is 4.79 Å².